The molecule has 28 heavy (non-hydrogen) atoms. The third-order valence-corrected chi connectivity index (χ3v) is 5.21. The van der Waals surface area contributed by atoms with E-state index in [-0.39, 0.29) is 12.7 Å². The minimum atomic E-state index is -0.227. The molecule has 1 amide bonds. The Morgan fingerprint density at radius 2 is 2.00 bits per heavy atom. The monoisotopic (exact) mass is 382 g/mol. The van der Waals surface area contributed by atoms with Gasteiger partial charge in [-0.1, -0.05) is 20.3 Å². The summed E-state index contributed by atoms with van der Waals surface area (Å²) in [6, 6.07) is 3.77. The van der Waals surface area contributed by atoms with E-state index in [1.54, 1.807) is 12.4 Å². The van der Waals surface area contributed by atoms with Crippen molar-refractivity contribution in [2.24, 2.45) is 5.92 Å². The van der Waals surface area contributed by atoms with Gasteiger partial charge in [-0.15, -0.1) is 0 Å². The van der Waals surface area contributed by atoms with E-state index in [4.69, 9.17) is 9.47 Å². The van der Waals surface area contributed by atoms with Gasteiger partial charge in [0.2, 0.25) is 12.7 Å². The Kier molecular flexibility index (Phi) is 5.32. The number of hydrogen-bond acceptors (Lipinski definition) is 6. The van der Waals surface area contributed by atoms with Crippen LogP contribution in [0, 0.1) is 5.92 Å². The maximum absolute atomic E-state index is 12.7. The molecule has 0 aliphatic carbocycles. The zero-order chi connectivity index (χ0) is 19.5. The van der Waals surface area contributed by atoms with Gasteiger partial charge >= 0.3 is 0 Å². The molecule has 1 atom stereocenters. The number of benzene rings is 1. The number of anilines is 2. The van der Waals surface area contributed by atoms with Gasteiger partial charge < -0.3 is 19.7 Å². The fraction of sp³-hybridized carbons (Fsp3) is 0.476. The molecule has 7 nitrogen and oxygen atoms in total. The van der Waals surface area contributed by atoms with Crippen molar-refractivity contribution < 1.29 is 14.3 Å². The second-order valence-electron chi connectivity index (χ2n) is 7.53. The van der Waals surface area contributed by atoms with Crippen LogP contribution >= 0.6 is 0 Å². The summed E-state index contributed by atoms with van der Waals surface area (Å²) in [5, 5.41) is 2.98. The molecule has 2 aliphatic rings. The van der Waals surface area contributed by atoms with Crippen LogP contribution in [-0.4, -0.2) is 35.8 Å². The largest absolute Gasteiger partial charge is 0.454 e. The SMILES string of the molecule is CCCc1cc2c(cc1NC(=O)c1cnc(N3CCC[C@@H](C)C3)nc1)OCO2. The highest BCUT2D eigenvalue weighted by Gasteiger charge is 2.21. The zero-order valence-corrected chi connectivity index (χ0v) is 16.4. The molecule has 0 bridgehead atoms. The number of rotatable bonds is 5. The number of aryl methyl sites for hydroxylation is 1. The maximum Gasteiger partial charge on any atom is 0.258 e. The number of amides is 1. The van der Waals surface area contributed by atoms with E-state index in [9.17, 15) is 4.79 Å². The van der Waals surface area contributed by atoms with Crippen LogP contribution in [0.1, 0.15) is 49.0 Å². The summed E-state index contributed by atoms with van der Waals surface area (Å²) in [5.74, 6) is 2.49. The fourth-order valence-electron chi connectivity index (χ4n) is 3.74. The minimum absolute atomic E-state index is 0.211. The molecule has 1 aromatic heterocycles. The molecule has 1 N–H and O–H groups in total. The highest BCUT2D eigenvalue weighted by atomic mass is 16.7. The van der Waals surface area contributed by atoms with E-state index in [1.165, 1.54) is 6.42 Å². The predicted molar refractivity (Wildman–Crippen MR) is 107 cm³/mol. The molecule has 1 fully saturated rings. The van der Waals surface area contributed by atoms with E-state index >= 15 is 0 Å². The lowest BCUT2D eigenvalue weighted by molar-refractivity contribution is 0.102. The molecule has 0 spiro atoms. The number of piperidine rings is 1. The summed E-state index contributed by atoms with van der Waals surface area (Å²) in [4.78, 5) is 23.8. The Morgan fingerprint density at radius 1 is 1.25 bits per heavy atom. The van der Waals surface area contributed by atoms with E-state index in [1.807, 2.05) is 12.1 Å². The van der Waals surface area contributed by atoms with Crippen LogP contribution in [0.3, 0.4) is 0 Å². The van der Waals surface area contributed by atoms with Gasteiger partial charge in [0, 0.05) is 37.2 Å². The highest BCUT2D eigenvalue weighted by Crippen LogP contribution is 2.37. The molecule has 1 saturated heterocycles. The first-order valence-electron chi connectivity index (χ1n) is 9.95. The van der Waals surface area contributed by atoms with Crippen molar-refractivity contribution in [3.05, 3.63) is 35.7 Å². The van der Waals surface area contributed by atoms with Crippen LogP contribution in [-0.2, 0) is 6.42 Å². The standard InChI is InChI=1S/C21H26N4O3/c1-3-5-15-8-18-19(28-13-27-18)9-17(15)24-20(26)16-10-22-21(23-11-16)25-7-4-6-14(2)12-25/h8-11,14H,3-7,12-13H2,1-2H3,(H,24,26)/t14-/m1/s1. The molecule has 2 aromatic rings. The first kappa shape index (κ1) is 18.5. The Bertz CT molecular complexity index is 853. The number of carbonyl (C=O) groups excluding carboxylic acids is 1. The van der Waals surface area contributed by atoms with Crippen molar-refractivity contribution in [1.29, 1.82) is 0 Å². The normalized spacial score (nSPS) is 18.2. The molecular weight excluding hydrogens is 356 g/mol. The van der Waals surface area contributed by atoms with Gasteiger partial charge in [0.25, 0.3) is 5.91 Å². The van der Waals surface area contributed by atoms with Gasteiger partial charge in [0.05, 0.1) is 5.56 Å². The van der Waals surface area contributed by atoms with Crippen LogP contribution < -0.4 is 19.7 Å². The van der Waals surface area contributed by atoms with Gasteiger partial charge in [0.1, 0.15) is 0 Å². The van der Waals surface area contributed by atoms with E-state index in [2.05, 4.69) is 34.0 Å². The van der Waals surface area contributed by atoms with Crippen molar-refractivity contribution in [2.75, 3.05) is 30.1 Å². The molecule has 0 saturated carbocycles. The van der Waals surface area contributed by atoms with Crippen LogP contribution in [0.5, 0.6) is 11.5 Å². The van der Waals surface area contributed by atoms with Gasteiger partial charge in [-0.05, 0) is 36.8 Å². The smallest absolute Gasteiger partial charge is 0.258 e. The van der Waals surface area contributed by atoms with Crippen molar-refractivity contribution in [3.63, 3.8) is 0 Å². The predicted octanol–water partition coefficient (Wildman–Crippen LogP) is 3.65. The van der Waals surface area contributed by atoms with Crippen LogP contribution in [0.15, 0.2) is 24.5 Å². The summed E-state index contributed by atoms with van der Waals surface area (Å²) in [6.45, 7) is 6.48. The molecule has 2 aliphatic heterocycles. The average Bonchev–Trinajstić information content (AvgIpc) is 3.16. The Labute approximate surface area is 165 Å². The van der Waals surface area contributed by atoms with Crippen molar-refractivity contribution >= 4 is 17.5 Å². The lowest BCUT2D eigenvalue weighted by Gasteiger charge is -2.30. The van der Waals surface area contributed by atoms with Crippen LogP contribution in [0.25, 0.3) is 0 Å². The number of nitrogens with one attached hydrogen (secondary N) is 1. The van der Waals surface area contributed by atoms with E-state index in [0.29, 0.717) is 23.2 Å². The van der Waals surface area contributed by atoms with Crippen LogP contribution in [0.2, 0.25) is 0 Å². The molecule has 148 valence electrons. The molecule has 0 unspecified atom stereocenters. The molecule has 4 rings (SSSR count). The topological polar surface area (TPSA) is 76.6 Å². The zero-order valence-electron chi connectivity index (χ0n) is 16.4. The van der Waals surface area contributed by atoms with Gasteiger partial charge in [-0.3, -0.25) is 4.79 Å². The first-order chi connectivity index (χ1) is 13.6. The Balaban J connectivity index is 1.49. The molecule has 0 radical (unpaired) electrons. The number of hydrogen-bond donors (Lipinski definition) is 1. The third-order valence-electron chi connectivity index (χ3n) is 5.21. The number of nitrogens with zero attached hydrogens (tertiary/aromatic N) is 3. The molecule has 3 heterocycles. The first-order valence-corrected chi connectivity index (χ1v) is 9.95. The number of aromatic nitrogens is 2. The Hall–Kier alpha value is -2.83. The third kappa shape index (κ3) is 3.88. The molecule has 1 aromatic carbocycles. The summed E-state index contributed by atoms with van der Waals surface area (Å²) in [6.07, 6.45) is 7.40. The maximum atomic E-state index is 12.7. The van der Waals surface area contributed by atoms with Gasteiger partial charge in [-0.2, -0.15) is 0 Å². The second kappa shape index (κ2) is 8.04. The van der Waals surface area contributed by atoms with Crippen molar-refractivity contribution in [3.8, 4) is 11.5 Å². The number of ether oxygens (including phenoxy) is 2. The van der Waals surface area contributed by atoms with E-state index in [0.717, 1.165) is 49.4 Å². The van der Waals surface area contributed by atoms with Gasteiger partial charge in [0.15, 0.2) is 11.5 Å². The summed E-state index contributed by atoms with van der Waals surface area (Å²) in [7, 11) is 0. The minimum Gasteiger partial charge on any atom is -0.454 e. The van der Waals surface area contributed by atoms with Crippen molar-refractivity contribution in [1.82, 2.24) is 9.97 Å². The van der Waals surface area contributed by atoms with Crippen LogP contribution in [0.4, 0.5) is 11.6 Å². The van der Waals surface area contributed by atoms with Crippen molar-refractivity contribution in [2.45, 2.75) is 39.5 Å². The quantitative estimate of drug-likeness (QED) is 0.851. The molecular formula is C21H26N4O3. The summed E-state index contributed by atoms with van der Waals surface area (Å²) in [5.41, 5.74) is 2.21. The number of carbonyl (C=O) groups is 1. The second-order valence-corrected chi connectivity index (χ2v) is 7.53. The summed E-state index contributed by atoms with van der Waals surface area (Å²) < 4.78 is 10.9. The lowest BCUT2D eigenvalue weighted by atomic mass is 10.0. The highest BCUT2D eigenvalue weighted by molar-refractivity contribution is 6.04. The fourth-order valence-corrected chi connectivity index (χ4v) is 3.74. The van der Waals surface area contributed by atoms with Gasteiger partial charge in [-0.25, -0.2) is 9.97 Å². The Morgan fingerprint density at radius 3 is 2.71 bits per heavy atom. The summed E-state index contributed by atoms with van der Waals surface area (Å²) >= 11 is 0. The number of fused-ring (bicyclic) bond motifs is 1. The lowest BCUT2D eigenvalue weighted by Crippen LogP contribution is -2.35. The van der Waals surface area contributed by atoms with E-state index < -0.39 is 0 Å². The average molecular weight is 382 g/mol. The molecule has 7 heteroatoms.